The van der Waals surface area contributed by atoms with Crippen molar-refractivity contribution in [3.63, 3.8) is 0 Å². The summed E-state index contributed by atoms with van der Waals surface area (Å²) in [7, 11) is 1.71. The number of carbonyl (C=O) groups excluding carboxylic acids is 2. The van der Waals surface area contributed by atoms with E-state index in [-0.39, 0.29) is 11.8 Å². The predicted molar refractivity (Wildman–Crippen MR) is 81.6 cm³/mol. The van der Waals surface area contributed by atoms with Crippen LogP contribution in [0.4, 0.5) is 5.69 Å². The quantitative estimate of drug-likeness (QED) is 0.686. The number of rotatable bonds is 3. The molecule has 1 heterocycles. The molecule has 2 amide bonds. The molecule has 1 N–H and O–H groups in total. The van der Waals surface area contributed by atoms with Crippen molar-refractivity contribution in [1.29, 1.82) is 0 Å². The van der Waals surface area contributed by atoms with Crippen molar-refractivity contribution in [3.05, 3.63) is 47.4 Å². The molecule has 0 spiro atoms. The van der Waals surface area contributed by atoms with Gasteiger partial charge < -0.3 is 10.2 Å². The van der Waals surface area contributed by atoms with Crippen LogP contribution >= 0.6 is 11.8 Å². The minimum Gasteiger partial charge on any atom is -0.349 e. The topological polar surface area (TPSA) is 49.4 Å². The largest absolute Gasteiger partial charge is 0.349 e. The summed E-state index contributed by atoms with van der Waals surface area (Å²) in [6.07, 6.45) is 1.35. The Morgan fingerprint density at radius 3 is 2.85 bits per heavy atom. The first kappa shape index (κ1) is 14.4. The average molecular weight is 288 g/mol. The highest BCUT2D eigenvalue weighted by Crippen LogP contribution is 2.40. The number of likely N-dealkylation sites (N-methyl/N-ethyl adjacent to an activating group) is 1. The second kappa shape index (κ2) is 5.96. The van der Waals surface area contributed by atoms with Crippen molar-refractivity contribution in [2.45, 2.75) is 11.8 Å². The van der Waals surface area contributed by atoms with E-state index in [0.29, 0.717) is 11.4 Å². The summed E-state index contributed by atoms with van der Waals surface area (Å²) in [5.74, 6) is -0.448. The van der Waals surface area contributed by atoms with E-state index in [1.54, 1.807) is 11.9 Å². The van der Waals surface area contributed by atoms with E-state index in [2.05, 4.69) is 11.9 Å². The second-order valence-corrected chi connectivity index (χ2v) is 5.70. The lowest BCUT2D eigenvalue weighted by atomic mass is 10.2. The molecular weight excluding hydrogens is 272 g/mol. The monoisotopic (exact) mass is 288 g/mol. The van der Waals surface area contributed by atoms with E-state index in [1.807, 2.05) is 31.2 Å². The smallest absolute Gasteiger partial charge is 0.265 e. The van der Waals surface area contributed by atoms with Crippen LogP contribution in [0.5, 0.6) is 0 Å². The summed E-state index contributed by atoms with van der Waals surface area (Å²) >= 11 is 1.32. The van der Waals surface area contributed by atoms with E-state index < -0.39 is 0 Å². The Hall–Kier alpha value is -2.01. The van der Waals surface area contributed by atoms with Crippen LogP contribution in [0.25, 0.3) is 0 Å². The first-order chi connectivity index (χ1) is 9.49. The summed E-state index contributed by atoms with van der Waals surface area (Å²) in [6, 6.07) is 7.62. The molecule has 0 saturated heterocycles. The Morgan fingerprint density at radius 2 is 2.15 bits per heavy atom. The third-order valence-corrected chi connectivity index (χ3v) is 3.87. The van der Waals surface area contributed by atoms with Gasteiger partial charge in [-0.1, -0.05) is 36.0 Å². The number of carbonyl (C=O) groups is 2. The zero-order chi connectivity index (χ0) is 14.7. The summed E-state index contributed by atoms with van der Waals surface area (Å²) < 4.78 is 0. The van der Waals surface area contributed by atoms with Gasteiger partial charge in [-0.3, -0.25) is 9.59 Å². The highest BCUT2D eigenvalue weighted by Gasteiger charge is 2.26. The van der Waals surface area contributed by atoms with Gasteiger partial charge in [-0.25, -0.2) is 0 Å². The molecule has 2 rings (SSSR count). The molecule has 1 aromatic carbocycles. The lowest BCUT2D eigenvalue weighted by molar-refractivity contribution is -0.117. The molecule has 4 nitrogen and oxygen atoms in total. The molecule has 0 bridgehead atoms. The zero-order valence-corrected chi connectivity index (χ0v) is 12.3. The van der Waals surface area contributed by atoms with Gasteiger partial charge in [0.1, 0.15) is 0 Å². The van der Waals surface area contributed by atoms with Crippen LogP contribution in [0, 0.1) is 0 Å². The summed E-state index contributed by atoms with van der Waals surface area (Å²) in [4.78, 5) is 26.9. The second-order valence-electron chi connectivity index (χ2n) is 4.62. The van der Waals surface area contributed by atoms with Gasteiger partial charge in [0.15, 0.2) is 0 Å². The number of fused-ring (bicyclic) bond motifs is 1. The van der Waals surface area contributed by atoms with Crippen molar-refractivity contribution < 1.29 is 9.59 Å². The van der Waals surface area contributed by atoms with Gasteiger partial charge in [0, 0.05) is 24.6 Å². The number of anilines is 1. The van der Waals surface area contributed by atoms with Crippen molar-refractivity contribution in [1.82, 2.24) is 5.32 Å². The molecule has 1 aromatic rings. The summed E-state index contributed by atoms with van der Waals surface area (Å²) in [5, 5.41) is 2.69. The highest BCUT2D eigenvalue weighted by molar-refractivity contribution is 8.04. The number of nitrogens with one attached hydrogen (secondary N) is 1. The Labute approximate surface area is 122 Å². The lowest BCUT2D eigenvalue weighted by Crippen LogP contribution is -2.31. The number of hydrogen-bond acceptors (Lipinski definition) is 3. The van der Waals surface area contributed by atoms with Gasteiger partial charge in [-0.05, 0) is 19.1 Å². The van der Waals surface area contributed by atoms with Crippen LogP contribution in [-0.2, 0) is 9.59 Å². The van der Waals surface area contributed by atoms with Crippen LogP contribution < -0.4 is 10.2 Å². The fourth-order valence-electron chi connectivity index (χ4n) is 1.76. The molecule has 0 saturated carbocycles. The molecule has 20 heavy (non-hydrogen) atoms. The van der Waals surface area contributed by atoms with Gasteiger partial charge in [-0.2, -0.15) is 0 Å². The molecule has 104 valence electrons. The number of thioether (sulfide) groups is 1. The Balaban J connectivity index is 2.20. The van der Waals surface area contributed by atoms with Crippen LogP contribution in [0.2, 0.25) is 0 Å². The molecule has 1 aliphatic heterocycles. The first-order valence-electron chi connectivity index (χ1n) is 6.18. The minimum atomic E-state index is -0.281. The highest BCUT2D eigenvalue weighted by atomic mass is 32.2. The molecule has 0 aromatic heterocycles. The van der Waals surface area contributed by atoms with E-state index in [1.165, 1.54) is 17.8 Å². The summed E-state index contributed by atoms with van der Waals surface area (Å²) in [5.41, 5.74) is 1.73. The number of benzene rings is 1. The van der Waals surface area contributed by atoms with Crippen LogP contribution in [0.15, 0.2) is 52.3 Å². The van der Waals surface area contributed by atoms with Crippen molar-refractivity contribution in [2.24, 2.45) is 0 Å². The molecule has 0 atom stereocenters. The van der Waals surface area contributed by atoms with Crippen LogP contribution in [-0.4, -0.2) is 25.4 Å². The van der Waals surface area contributed by atoms with Gasteiger partial charge in [0.25, 0.3) is 5.91 Å². The van der Waals surface area contributed by atoms with Crippen molar-refractivity contribution in [3.8, 4) is 0 Å². The number of amides is 2. The maximum atomic E-state index is 12.2. The van der Waals surface area contributed by atoms with Gasteiger partial charge in [0.05, 0.1) is 10.6 Å². The molecule has 0 aliphatic carbocycles. The summed E-state index contributed by atoms with van der Waals surface area (Å²) in [6.45, 7) is 5.96. The van der Waals surface area contributed by atoms with Crippen molar-refractivity contribution >= 4 is 29.3 Å². The Kier molecular flexibility index (Phi) is 4.29. The Morgan fingerprint density at radius 1 is 1.45 bits per heavy atom. The third kappa shape index (κ3) is 3.11. The van der Waals surface area contributed by atoms with Gasteiger partial charge in [-0.15, -0.1) is 0 Å². The fourth-order valence-corrected chi connectivity index (χ4v) is 2.84. The van der Waals surface area contributed by atoms with E-state index in [9.17, 15) is 9.59 Å². The number of nitrogens with zero attached hydrogens (tertiary/aromatic N) is 1. The normalized spacial score (nSPS) is 16.0. The fraction of sp³-hybridized carbons (Fsp3) is 0.200. The van der Waals surface area contributed by atoms with E-state index in [4.69, 9.17) is 0 Å². The molecular formula is C15H16N2O2S. The van der Waals surface area contributed by atoms with Crippen LogP contribution in [0.1, 0.15) is 6.92 Å². The first-order valence-corrected chi connectivity index (χ1v) is 6.99. The maximum absolute atomic E-state index is 12.2. The molecule has 1 aliphatic rings. The lowest BCUT2D eigenvalue weighted by Gasteiger charge is -2.26. The SMILES string of the molecule is C=C(C)CNC(=O)C=C1Sc2ccccc2N(C)C1=O. The molecule has 5 heteroatoms. The predicted octanol–water partition coefficient (Wildman–Crippen LogP) is 2.33. The third-order valence-electron chi connectivity index (χ3n) is 2.79. The maximum Gasteiger partial charge on any atom is 0.265 e. The minimum absolute atomic E-state index is 0.167. The van der Waals surface area contributed by atoms with E-state index >= 15 is 0 Å². The number of hydrogen-bond donors (Lipinski definition) is 1. The average Bonchev–Trinajstić information content (AvgIpc) is 2.42. The molecule has 0 radical (unpaired) electrons. The van der Waals surface area contributed by atoms with Gasteiger partial charge in [0.2, 0.25) is 5.91 Å². The Bertz CT molecular complexity index is 608. The zero-order valence-electron chi connectivity index (χ0n) is 11.5. The molecule has 0 unspecified atom stereocenters. The van der Waals surface area contributed by atoms with E-state index in [0.717, 1.165) is 16.2 Å². The van der Waals surface area contributed by atoms with Crippen LogP contribution in [0.3, 0.4) is 0 Å². The van der Waals surface area contributed by atoms with Gasteiger partial charge >= 0.3 is 0 Å². The number of para-hydroxylation sites is 1. The molecule has 0 fully saturated rings. The van der Waals surface area contributed by atoms with Crippen molar-refractivity contribution in [2.75, 3.05) is 18.5 Å². The standard InChI is InChI=1S/C15H16N2O2S/c1-10(2)9-16-14(18)8-13-15(19)17(3)11-6-4-5-7-12(11)20-13/h4-8H,1,9H2,2-3H3,(H,16,18).